The molecule has 0 fully saturated rings. The molecule has 162 valence electrons. The van der Waals surface area contributed by atoms with Gasteiger partial charge in [0.25, 0.3) is 5.91 Å². The largest absolute Gasteiger partial charge is 0.493 e. The lowest BCUT2D eigenvalue weighted by atomic mass is 10.1. The molecule has 0 unspecified atom stereocenters. The highest BCUT2D eigenvalue weighted by atomic mass is 32.2. The number of sulfonamides is 1. The number of nitrogens with zero attached hydrogens (tertiary/aromatic N) is 2. The molecule has 1 amide bonds. The number of hydrogen-bond donors (Lipinski definition) is 1. The average Bonchev–Trinajstić information content (AvgIpc) is 2.76. The van der Waals surface area contributed by atoms with Crippen LogP contribution in [0.4, 0.5) is 5.69 Å². The van der Waals surface area contributed by atoms with Gasteiger partial charge in [-0.1, -0.05) is 36.4 Å². The molecule has 31 heavy (non-hydrogen) atoms. The zero-order chi connectivity index (χ0) is 22.4. The molecule has 3 rings (SSSR count). The van der Waals surface area contributed by atoms with E-state index in [1.54, 1.807) is 30.3 Å². The molecule has 0 saturated heterocycles. The molecule has 0 aromatic heterocycles. The molecule has 0 aliphatic carbocycles. The van der Waals surface area contributed by atoms with Crippen LogP contribution < -0.4 is 19.2 Å². The molecule has 3 aromatic carbocycles. The van der Waals surface area contributed by atoms with Crippen LogP contribution in [0.3, 0.4) is 0 Å². The van der Waals surface area contributed by atoms with Gasteiger partial charge in [-0.2, -0.15) is 5.10 Å². The van der Waals surface area contributed by atoms with Crippen LogP contribution in [0.1, 0.15) is 5.56 Å². The number of hydrogen-bond acceptors (Lipinski definition) is 6. The van der Waals surface area contributed by atoms with Crippen molar-refractivity contribution in [3.63, 3.8) is 0 Å². The van der Waals surface area contributed by atoms with Gasteiger partial charge in [0.15, 0.2) is 11.5 Å². The van der Waals surface area contributed by atoms with Crippen LogP contribution in [0, 0.1) is 0 Å². The van der Waals surface area contributed by atoms with E-state index in [0.717, 1.165) is 21.3 Å². The molecule has 8 nitrogen and oxygen atoms in total. The number of anilines is 1. The number of amides is 1. The molecule has 0 heterocycles. The van der Waals surface area contributed by atoms with E-state index in [0.29, 0.717) is 22.7 Å². The lowest BCUT2D eigenvalue weighted by molar-refractivity contribution is -0.119. The summed E-state index contributed by atoms with van der Waals surface area (Å²) in [6.45, 7) is -0.407. The fourth-order valence-corrected chi connectivity index (χ4v) is 3.95. The van der Waals surface area contributed by atoms with Crippen molar-refractivity contribution in [3.8, 4) is 11.5 Å². The molecule has 1 N–H and O–H groups in total. The number of benzene rings is 3. The minimum absolute atomic E-state index is 0.407. The molecule has 3 aromatic rings. The normalized spacial score (nSPS) is 11.5. The summed E-state index contributed by atoms with van der Waals surface area (Å²) in [5.74, 6) is 0.523. The van der Waals surface area contributed by atoms with Gasteiger partial charge in [-0.05, 0) is 35.2 Å². The number of hydrazone groups is 1. The Morgan fingerprint density at radius 2 is 1.74 bits per heavy atom. The van der Waals surface area contributed by atoms with E-state index in [9.17, 15) is 13.2 Å². The number of rotatable bonds is 8. The summed E-state index contributed by atoms with van der Waals surface area (Å²) in [6, 6.07) is 17.9. The van der Waals surface area contributed by atoms with Crippen LogP contribution in [0.15, 0.2) is 65.8 Å². The van der Waals surface area contributed by atoms with Crippen molar-refractivity contribution >= 4 is 38.6 Å². The number of methoxy groups -OCH3 is 2. The maximum absolute atomic E-state index is 12.4. The fourth-order valence-electron chi connectivity index (χ4n) is 3.08. The second kappa shape index (κ2) is 9.48. The molecule has 0 aliphatic rings. The molecule has 0 atom stereocenters. The zero-order valence-electron chi connectivity index (χ0n) is 17.4. The summed E-state index contributed by atoms with van der Waals surface area (Å²) in [4.78, 5) is 12.4. The van der Waals surface area contributed by atoms with Crippen molar-refractivity contribution in [3.05, 3.63) is 66.2 Å². The monoisotopic (exact) mass is 441 g/mol. The van der Waals surface area contributed by atoms with Crippen LogP contribution in [-0.4, -0.2) is 47.6 Å². The Labute approximate surface area is 181 Å². The topological polar surface area (TPSA) is 97.3 Å². The van der Waals surface area contributed by atoms with Crippen LogP contribution in [0.25, 0.3) is 10.8 Å². The van der Waals surface area contributed by atoms with E-state index < -0.39 is 22.5 Å². The van der Waals surface area contributed by atoms with Gasteiger partial charge in [0, 0.05) is 5.39 Å². The maximum atomic E-state index is 12.4. The van der Waals surface area contributed by atoms with Crippen LogP contribution in [-0.2, 0) is 14.8 Å². The third-order valence-corrected chi connectivity index (χ3v) is 5.66. The molecule has 0 spiro atoms. The number of nitrogens with one attached hydrogen (secondary N) is 1. The first-order chi connectivity index (χ1) is 14.8. The summed E-state index contributed by atoms with van der Waals surface area (Å²) in [6.07, 6.45) is 2.50. The molecule has 0 saturated carbocycles. The van der Waals surface area contributed by atoms with E-state index in [-0.39, 0.29) is 0 Å². The Kier molecular flexibility index (Phi) is 6.76. The first-order valence-electron chi connectivity index (χ1n) is 9.33. The van der Waals surface area contributed by atoms with E-state index in [1.807, 2.05) is 30.3 Å². The minimum Gasteiger partial charge on any atom is -0.493 e. The first kappa shape index (κ1) is 22.1. The van der Waals surface area contributed by atoms with Crippen molar-refractivity contribution in [2.75, 3.05) is 31.3 Å². The Balaban J connectivity index is 1.77. The highest BCUT2D eigenvalue weighted by Crippen LogP contribution is 2.28. The minimum atomic E-state index is -3.71. The molecule has 0 aliphatic heterocycles. The van der Waals surface area contributed by atoms with E-state index in [1.165, 1.54) is 20.4 Å². The lowest BCUT2D eigenvalue weighted by Gasteiger charge is -2.23. The van der Waals surface area contributed by atoms with Gasteiger partial charge in [0.1, 0.15) is 6.54 Å². The average molecular weight is 442 g/mol. The van der Waals surface area contributed by atoms with E-state index in [2.05, 4.69) is 10.5 Å². The Hall–Kier alpha value is -3.59. The van der Waals surface area contributed by atoms with E-state index >= 15 is 0 Å². The Bertz CT molecular complexity index is 1220. The second-order valence-electron chi connectivity index (χ2n) is 6.68. The summed E-state index contributed by atoms with van der Waals surface area (Å²) in [5.41, 5.74) is 3.47. The van der Waals surface area contributed by atoms with E-state index in [4.69, 9.17) is 9.47 Å². The second-order valence-corrected chi connectivity index (χ2v) is 8.58. The van der Waals surface area contributed by atoms with Crippen molar-refractivity contribution in [2.45, 2.75) is 0 Å². The van der Waals surface area contributed by atoms with Gasteiger partial charge in [0.2, 0.25) is 10.0 Å². The molecular formula is C22H23N3O5S. The summed E-state index contributed by atoms with van der Waals surface area (Å²) >= 11 is 0. The maximum Gasteiger partial charge on any atom is 0.260 e. The van der Waals surface area contributed by atoms with Crippen molar-refractivity contribution in [1.29, 1.82) is 0 Å². The molecule has 9 heteroatoms. The third-order valence-electron chi connectivity index (χ3n) is 4.53. The third kappa shape index (κ3) is 5.32. The quantitative estimate of drug-likeness (QED) is 0.428. The van der Waals surface area contributed by atoms with Gasteiger partial charge >= 0.3 is 0 Å². The molecule has 0 radical (unpaired) electrons. The van der Waals surface area contributed by atoms with Gasteiger partial charge < -0.3 is 9.47 Å². The summed E-state index contributed by atoms with van der Waals surface area (Å²) in [7, 11) is -0.650. The summed E-state index contributed by atoms with van der Waals surface area (Å²) < 4.78 is 36.3. The molecule has 0 bridgehead atoms. The Morgan fingerprint density at radius 1 is 1.03 bits per heavy atom. The van der Waals surface area contributed by atoms with Crippen molar-refractivity contribution < 1.29 is 22.7 Å². The predicted molar refractivity (Wildman–Crippen MR) is 121 cm³/mol. The van der Waals surface area contributed by atoms with Crippen molar-refractivity contribution in [1.82, 2.24) is 5.43 Å². The van der Waals surface area contributed by atoms with Gasteiger partial charge in [-0.25, -0.2) is 13.8 Å². The van der Waals surface area contributed by atoms with Crippen molar-refractivity contribution in [2.24, 2.45) is 5.10 Å². The number of carbonyl (C=O) groups excluding carboxylic acids is 1. The fraction of sp³-hybridized carbons (Fsp3) is 0.182. The highest BCUT2D eigenvalue weighted by Gasteiger charge is 2.22. The Morgan fingerprint density at radius 3 is 2.45 bits per heavy atom. The number of ether oxygens (including phenoxy) is 2. The predicted octanol–water partition coefficient (Wildman–Crippen LogP) is 2.77. The van der Waals surface area contributed by atoms with Crippen LogP contribution in [0.5, 0.6) is 11.5 Å². The first-order valence-corrected chi connectivity index (χ1v) is 11.2. The van der Waals surface area contributed by atoms with Crippen LogP contribution >= 0.6 is 0 Å². The van der Waals surface area contributed by atoms with Gasteiger partial charge in [-0.3, -0.25) is 9.10 Å². The van der Waals surface area contributed by atoms with Gasteiger partial charge in [0.05, 0.1) is 32.4 Å². The van der Waals surface area contributed by atoms with Crippen LogP contribution in [0.2, 0.25) is 0 Å². The standard InChI is InChI=1S/C22H23N3O5S/c1-29-20-12-11-16(13-21(20)30-2)14-23-24-22(26)15-25(31(3,27)28)19-10-6-8-17-7-4-5-9-18(17)19/h4-14H,15H2,1-3H3,(H,24,26)/b23-14-. The lowest BCUT2D eigenvalue weighted by Crippen LogP contribution is -2.39. The van der Waals surface area contributed by atoms with Gasteiger partial charge in [-0.15, -0.1) is 0 Å². The number of fused-ring (bicyclic) bond motifs is 1. The molecular weight excluding hydrogens is 418 g/mol. The zero-order valence-corrected chi connectivity index (χ0v) is 18.2. The smallest absolute Gasteiger partial charge is 0.260 e. The highest BCUT2D eigenvalue weighted by molar-refractivity contribution is 7.92. The SMILES string of the molecule is COc1ccc(/C=N\NC(=O)CN(c2cccc3ccccc23)S(C)(=O)=O)cc1OC. The number of carbonyl (C=O) groups is 1. The summed E-state index contributed by atoms with van der Waals surface area (Å²) in [5, 5.41) is 5.53.